The van der Waals surface area contributed by atoms with E-state index in [1.165, 1.54) is 28.0 Å². The molecule has 5 rings (SSSR count). The maximum Gasteiger partial charge on any atom is 0.335 e. The van der Waals surface area contributed by atoms with Gasteiger partial charge in [0.25, 0.3) is 5.69 Å². The second-order valence-corrected chi connectivity index (χ2v) is 9.98. The lowest BCUT2D eigenvalue weighted by Crippen LogP contribution is -2.43. The molecule has 1 heterocycles. The fraction of sp³-hybridized carbons (Fsp3) is 0.258. The summed E-state index contributed by atoms with van der Waals surface area (Å²) in [4.78, 5) is 24.8. The highest BCUT2D eigenvalue weighted by Crippen LogP contribution is 2.38. The maximum absolute atomic E-state index is 11.8. The number of fused-ring (bicyclic) bond motifs is 1. The molecule has 0 amide bonds. The van der Waals surface area contributed by atoms with Crippen LogP contribution in [0.4, 0.5) is 11.4 Å². The molecule has 7 heteroatoms. The third-order valence-electron chi connectivity index (χ3n) is 7.72. The summed E-state index contributed by atoms with van der Waals surface area (Å²) in [7, 11) is 0. The van der Waals surface area contributed by atoms with Crippen molar-refractivity contribution < 1.29 is 14.8 Å². The minimum atomic E-state index is -1.17. The standard InChI is InChI=1S/C31H31N3O4/c1-21(26-13-7-11-22-10-5-6-12-27(22)26)32-19-25-16-17-33(20-28(25)23-8-3-2-4-9-23)29-15-14-24(31(35)36)18-30(29)34(37)38/h2-15,18,21,25,28,32H,16-17,19-20H2,1H3,(H,35,36)/t21-,25?,28?/m1/s1. The van der Waals surface area contributed by atoms with Crippen molar-refractivity contribution in [3.8, 4) is 0 Å². The van der Waals surface area contributed by atoms with Crippen molar-refractivity contribution in [2.75, 3.05) is 24.5 Å². The van der Waals surface area contributed by atoms with Gasteiger partial charge in [-0.2, -0.15) is 0 Å². The number of nitro benzene ring substituents is 1. The number of benzene rings is 4. The second-order valence-electron chi connectivity index (χ2n) is 9.98. The zero-order valence-corrected chi connectivity index (χ0v) is 21.3. The maximum atomic E-state index is 11.8. The van der Waals surface area contributed by atoms with Crippen molar-refractivity contribution in [3.63, 3.8) is 0 Å². The molecule has 1 aliphatic heterocycles. The molecule has 1 fully saturated rings. The Labute approximate surface area is 221 Å². The van der Waals surface area contributed by atoms with Crippen LogP contribution >= 0.6 is 0 Å². The van der Waals surface area contributed by atoms with Gasteiger partial charge in [0, 0.05) is 31.1 Å². The van der Waals surface area contributed by atoms with Crippen LogP contribution in [0, 0.1) is 16.0 Å². The van der Waals surface area contributed by atoms with E-state index < -0.39 is 10.9 Å². The van der Waals surface area contributed by atoms with Gasteiger partial charge in [0.15, 0.2) is 0 Å². The summed E-state index contributed by atoms with van der Waals surface area (Å²) in [5, 5.41) is 27.4. The number of nitro groups is 1. The number of carbonyl (C=O) groups is 1. The summed E-state index contributed by atoms with van der Waals surface area (Å²) in [6.07, 6.45) is 0.854. The van der Waals surface area contributed by atoms with E-state index in [9.17, 15) is 20.0 Å². The van der Waals surface area contributed by atoms with Crippen molar-refractivity contribution in [3.05, 3.63) is 118 Å². The molecule has 0 radical (unpaired) electrons. The average Bonchev–Trinajstić information content (AvgIpc) is 2.95. The SMILES string of the molecule is C[C@@H](NCC1CCN(c2ccc(C(=O)O)cc2[N+](=O)[O-])CC1c1ccccc1)c1cccc2ccccc12. The van der Waals surface area contributed by atoms with Gasteiger partial charge in [-0.1, -0.05) is 72.8 Å². The molecule has 0 saturated carbocycles. The van der Waals surface area contributed by atoms with E-state index in [1.807, 2.05) is 23.1 Å². The van der Waals surface area contributed by atoms with Gasteiger partial charge in [0.1, 0.15) is 5.69 Å². The molecule has 2 unspecified atom stereocenters. The largest absolute Gasteiger partial charge is 0.478 e. The average molecular weight is 510 g/mol. The molecular weight excluding hydrogens is 478 g/mol. The van der Waals surface area contributed by atoms with Crippen molar-refractivity contribution in [1.82, 2.24) is 5.32 Å². The lowest BCUT2D eigenvalue weighted by atomic mass is 9.80. The van der Waals surface area contributed by atoms with Crippen molar-refractivity contribution in [2.45, 2.75) is 25.3 Å². The minimum absolute atomic E-state index is 0.0819. The Morgan fingerprint density at radius 3 is 2.55 bits per heavy atom. The van der Waals surface area contributed by atoms with Crippen LogP contribution in [0.15, 0.2) is 91.0 Å². The number of carboxylic acids is 1. The van der Waals surface area contributed by atoms with Crippen LogP contribution in [-0.4, -0.2) is 35.6 Å². The quantitative estimate of drug-likeness (QED) is 0.211. The minimum Gasteiger partial charge on any atom is -0.478 e. The lowest BCUT2D eigenvalue weighted by Gasteiger charge is -2.40. The highest BCUT2D eigenvalue weighted by molar-refractivity contribution is 5.90. The molecule has 7 nitrogen and oxygen atoms in total. The fourth-order valence-corrected chi connectivity index (χ4v) is 5.68. The molecule has 0 aliphatic carbocycles. The van der Waals surface area contributed by atoms with Crippen LogP contribution in [0.1, 0.15) is 46.8 Å². The lowest BCUT2D eigenvalue weighted by molar-refractivity contribution is -0.384. The molecule has 1 saturated heterocycles. The number of anilines is 1. The molecule has 4 aromatic rings. The Balaban J connectivity index is 1.38. The Bertz CT molecular complexity index is 1450. The molecule has 38 heavy (non-hydrogen) atoms. The summed E-state index contributed by atoms with van der Waals surface area (Å²) < 4.78 is 0. The molecule has 2 N–H and O–H groups in total. The Hall–Kier alpha value is -4.23. The number of rotatable bonds is 8. The third-order valence-corrected chi connectivity index (χ3v) is 7.72. The van der Waals surface area contributed by atoms with Crippen molar-refractivity contribution in [2.24, 2.45) is 5.92 Å². The topological polar surface area (TPSA) is 95.7 Å². The number of carboxylic acid groups (broad SMARTS) is 1. The number of hydrogen-bond acceptors (Lipinski definition) is 5. The van der Waals surface area contributed by atoms with Gasteiger partial charge in [-0.05, 0) is 59.8 Å². The first kappa shape index (κ1) is 25.4. The van der Waals surface area contributed by atoms with E-state index >= 15 is 0 Å². The first-order chi connectivity index (χ1) is 18.4. The monoisotopic (exact) mass is 509 g/mol. The van der Waals surface area contributed by atoms with E-state index in [1.54, 1.807) is 6.07 Å². The first-order valence-corrected chi connectivity index (χ1v) is 12.9. The van der Waals surface area contributed by atoms with E-state index in [0.29, 0.717) is 24.7 Å². The molecule has 0 aromatic heterocycles. The number of hydrogen-bond donors (Lipinski definition) is 2. The molecule has 4 aromatic carbocycles. The fourth-order valence-electron chi connectivity index (χ4n) is 5.68. The van der Waals surface area contributed by atoms with Crippen LogP contribution < -0.4 is 10.2 Å². The van der Waals surface area contributed by atoms with Gasteiger partial charge in [-0.15, -0.1) is 0 Å². The van der Waals surface area contributed by atoms with Crippen LogP contribution in [0.25, 0.3) is 10.8 Å². The molecule has 1 aliphatic rings. The highest BCUT2D eigenvalue weighted by atomic mass is 16.6. The Kier molecular flexibility index (Phi) is 7.38. The number of piperidine rings is 1. The van der Waals surface area contributed by atoms with Crippen LogP contribution in [0.2, 0.25) is 0 Å². The Morgan fingerprint density at radius 1 is 1.05 bits per heavy atom. The number of nitrogens with zero attached hydrogens (tertiary/aromatic N) is 2. The zero-order valence-electron chi connectivity index (χ0n) is 21.3. The predicted molar refractivity (Wildman–Crippen MR) is 150 cm³/mol. The molecule has 3 atom stereocenters. The van der Waals surface area contributed by atoms with Gasteiger partial charge in [0.2, 0.25) is 0 Å². The zero-order chi connectivity index (χ0) is 26.6. The predicted octanol–water partition coefficient (Wildman–Crippen LogP) is 6.41. The van der Waals surface area contributed by atoms with Crippen molar-refractivity contribution in [1.29, 1.82) is 0 Å². The van der Waals surface area contributed by atoms with Gasteiger partial charge in [-0.3, -0.25) is 10.1 Å². The van der Waals surface area contributed by atoms with E-state index in [2.05, 4.69) is 66.8 Å². The molecular formula is C31H31N3O4. The molecule has 194 valence electrons. The second kappa shape index (κ2) is 11.0. The van der Waals surface area contributed by atoms with Gasteiger partial charge in [0.05, 0.1) is 10.5 Å². The van der Waals surface area contributed by atoms with Crippen LogP contribution in [0.3, 0.4) is 0 Å². The van der Waals surface area contributed by atoms with Gasteiger partial charge in [-0.25, -0.2) is 4.79 Å². The molecule has 0 spiro atoms. The smallest absolute Gasteiger partial charge is 0.335 e. The summed E-state index contributed by atoms with van der Waals surface area (Å²) in [6, 6.07) is 29.5. The van der Waals surface area contributed by atoms with Crippen LogP contribution in [-0.2, 0) is 0 Å². The first-order valence-electron chi connectivity index (χ1n) is 12.9. The highest BCUT2D eigenvalue weighted by Gasteiger charge is 2.33. The van der Waals surface area contributed by atoms with Crippen molar-refractivity contribution >= 4 is 28.1 Å². The van der Waals surface area contributed by atoms with Gasteiger partial charge >= 0.3 is 5.97 Å². The number of nitrogens with one attached hydrogen (secondary N) is 1. The normalized spacial score (nSPS) is 18.3. The summed E-state index contributed by atoms with van der Waals surface area (Å²) >= 11 is 0. The Morgan fingerprint density at radius 2 is 1.79 bits per heavy atom. The summed E-state index contributed by atoms with van der Waals surface area (Å²) in [6.45, 7) is 4.29. The summed E-state index contributed by atoms with van der Waals surface area (Å²) in [5.74, 6) is -0.675. The van der Waals surface area contributed by atoms with E-state index in [0.717, 1.165) is 19.0 Å². The molecule has 0 bridgehead atoms. The van der Waals surface area contributed by atoms with Gasteiger partial charge < -0.3 is 15.3 Å². The number of aromatic carboxylic acids is 1. The van der Waals surface area contributed by atoms with E-state index in [4.69, 9.17) is 0 Å². The summed E-state index contributed by atoms with van der Waals surface area (Å²) in [5.41, 5.74) is 2.69. The van der Waals surface area contributed by atoms with E-state index in [-0.39, 0.29) is 23.2 Å². The third kappa shape index (κ3) is 5.24. The van der Waals surface area contributed by atoms with Crippen LogP contribution in [0.5, 0.6) is 0 Å².